The normalized spacial score (nSPS) is 12.6. The minimum Gasteiger partial charge on any atom is -0.289 e. The van der Waals surface area contributed by atoms with Crippen LogP contribution in [0.15, 0.2) is 68.9 Å². The first-order chi connectivity index (χ1) is 13.7. The standard InChI is InChI=1S/C24H10O2S2/c25-21-17-10-16-14-4-2-12-6-8-28-24(12)20(14)22(26)18(16)9-15(17)13-3-1-11-5-7-27-23(11)19(13)21/h1-10H. The highest BCUT2D eigenvalue weighted by molar-refractivity contribution is 7.18. The Hall–Kier alpha value is -3.08. The van der Waals surface area contributed by atoms with Crippen molar-refractivity contribution in [2.75, 3.05) is 0 Å². The lowest BCUT2D eigenvalue weighted by atomic mass is 10.1. The van der Waals surface area contributed by atoms with Gasteiger partial charge in [-0.3, -0.25) is 9.59 Å². The summed E-state index contributed by atoms with van der Waals surface area (Å²) in [4.78, 5) is 26.6. The highest BCUT2D eigenvalue weighted by Crippen LogP contribution is 2.38. The second-order valence-corrected chi connectivity index (χ2v) is 9.09. The quantitative estimate of drug-likeness (QED) is 0.301. The largest absolute Gasteiger partial charge is 0.289 e. The average molecular weight is 394 g/mol. The lowest BCUT2D eigenvalue weighted by Crippen LogP contribution is -1.95. The molecule has 2 heterocycles. The molecule has 0 aliphatic carbocycles. The molecule has 0 amide bonds. The molecule has 0 N–H and O–H groups in total. The van der Waals surface area contributed by atoms with Gasteiger partial charge < -0.3 is 0 Å². The van der Waals surface area contributed by atoms with E-state index >= 15 is 0 Å². The van der Waals surface area contributed by atoms with Gasteiger partial charge in [0.25, 0.3) is 0 Å². The molecular weight excluding hydrogens is 384 g/mol. The monoisotopic (exact) mass is 394 g/mol. The molecule has 0 bridgehead atoms. The fourth-order valence-electron chi connectivity index (χ4n) is 4.65. The summed E-state index contributed by atoms with van der Waals surface area (Å²) >= 11 is 3.20. The van der Waals surface area contributed by atoms with Gasteiger partial charge in [-0.15, -0.1) is 22.7 Å². The summed E-state index contributed by atoms with van der Waals surface area (Å²) in [6.45, 7) is 0. The third kappa shape index (κ3) is 1.60. The lowest BCUT2D eigenvalue weighted by molar-refractivity contribution is 1.88. The van der Waals surface area contributed by atoms with Gasteiger partial charge in [0, 0.05) is 30.9 Å². The summed E-state index contributed by atoms with van der Waals surface area (Å²) in [6.07, 6.45) is 0. The smallest absolute Gasteiger partial charge is 0.195 e. The molecule has 7 aromatic rings. The summed E-state index contributed by atoms with van der Waals surface area (Å²) in [6, 6.07) is 16.1. The topological polar surface area (TPSA) is 34.1 Å². The van der Waals surface area contributed by atoms with Crippen LogP contribution in [0.2, 0.25) is 0 Å². The van der Waals surface area contributed by atoms with E-state index in [1.807, 2.05) is 47.2 Å². The van der Waals surface area contributed by atoms with Crippen molar-refractivity contribution in [3.05, 3.63) is 79.7 Å². The maximum Gasteiger partial charge on any atom is 0.195 e. The van der Waals surface area contributed by atoms with Crippen molar-refractivity contribution in [1.82, 2.24) is 0 Å². The SMILES string of the molecule is O=c1c2cc3c(cc2c2ccc4ccsc4c12)c(=O)c1c3ccc2ccsc21. The van der Waals surface area contributed by atoms with Crippen LogP contribution in [0.1, 0.15) is 0 Å². The van der Waals surface area contributed by atoms with Crippen LogP contribution in [0.25, 0.3) is 63.3 Å². The van der Waals surface area contributed by atoms with Gasteiger partial charge in [0.15, 0.2) is 10.9 Å². The number of hydrogen-bond donors (Lipinski definition) is 0. The summed E-state index contributed by atoms with van der Waals surface area (Å²) in [5.41, 5.74) is 0.137. The van der Waals surface area contributed by atoms with E-state index < -0.39 is 0 Å². The second-order valence-electron chi connectivity index (χ2n) is 7.26. The molecule has 4 heteroatoms. The fourth-order valence-corrected chi connectivity index (χ4v) is 6.54. The lowest BCUT2D eigenvalue weighted by Gasteiger charge is -1.95. The van der Waals surface area contributed by atoms with Crippen LogP contribution < -0.4 is 10.9 Å². The molecule has 0 atom stereocenters. The fraction of sp³-hybridized carbons (Fsp3) is 0. The first-order valence-electron chi connectivity index (χ1n) is 9.01. The van der Waals surface area contributed by atoms with Gasteiger partial charge in [0.1, 0.15) is 0 Å². The van der Waals surface area contributed by atoms with E-state index in [2.05, 4.69) is 12.1 Å². The number of thiophene rings is 2. The average Bonchev–Trinajstić information content (AvgIpc) is 3.46. The van der Waals surface area contributed by atoms with Crippen molar-refractivity contribution in [2.45, 2.75) is 0 Å². The van der Waals surface area contributed by atoms with Crippen LogP contribution in [0.3, 0.4) is 0 Å². The van der Waals surface area contributed by atoms with E-state index in [4.69, 9.17) is 0 Å². The van der Waals surface area contributed by atoms with Crippen LogP contribution in [-0.2, 0) is 0 Å². The van der Waals surface area contributed by atoms with Crippen molar-refractivity contribution in [2.24, 2.45) is 0 Å². The highest BCUT2D eigenvalue weighted by atomic mass is 32.1. The molecule has 130 valence electrons. The Morgan fingerprint density at radius 3 is 1.43 bits per heavy atom. The molecule has 0 saturated carbocycles. The van der Waals surface area contributed by atoms with E-state index in [-0.39, 0.29) is 10.9 Å². The van der Waals surface area contributed by atoms with Gasteiger partial charge in [-0.1, -0.05) is 24.3 Å². The van der Waals surface area contributed by atoms with Crippen LogP contribution in [0.5, 0.6) is 0 Å². The van der Waals surface area contributed by atoms with Crippen molar-refractivity contribution in [1.29, 1.82) is 0 Å². The minimum absolute atomic E-state index is 0.0685. The molecule has 0 aliphatic rings. The number of hydrogen-bond acceptors (Lipinski definition) is 4. The summed E-state index contributed by atoms with van der Waals surface area (Å²) in [7, 11) is 0. The van der Waals surface area contributed by atoms with E-state index in [0.717, 1.165) is 52.5 Å². The maximum atomic E-state index is 13.3. The van der Waals surface area contributed by atoms with Crippen LogP contribution in [0.4, 0.5) is 0 Å². The Bertz CT molecular complexity index is 1720. The molecule has 2 aromatic heterocycles. The zero-order valence-corrected chi connectivity index (χ0v) is 16.0. The number of fused-ring (bicyclic) bond motifs is 10. The molecular formula is C24H10O2S2. The second kappa shape index (κ2) is 4.85. The Balaban J connectivity index is 1.78. The summed E-state index contributed by atoms with van der Waals surface area (Å²) < 4.78 is 2.07. The van der Waals surface area contributed by atoms with Crippen molar-refractivity contribution in [3.8, 4) is 0 Å². The predicted octanol–water partition coefficient (Wildman–Crippen LogP) is 6.32. The van der Waals surface area contributed by atoms with E-state index in [1.54, 1.807) is 22.7 Å². The third-order valence-electron chi connectivity index (χ3n) is 5.92. The molecule has 0 saturated heterocycles. The van der Waals surface area contributed by atoms with Crippen molar-refractivity contribution >= 4 is 85.9 Å². The van der Waals surface area contributed by atoms with Gasteiger partial charge in [0.05, 0.1) is 0 Å². The zero-order valence-electron chi connectivity index (χ0n) is 14.4. The van der Waals surface area contributed by atoms with Crippen molar-refractivity contribution < 1.29 is 0 Å². The van der Waals surface area contributed by atoms with Gasteiger partial charge in [-0.05, 0) is 67.3 Å². The van der Waals surface area contributed by atoms with E-state index in [0.29, 0.717) is 10.8 Å². The third-order valence-corrected chi connectivity index (χ3v) is 7.82. The van der Waals surface area contributed by atoms with Crippen LogP contribution in [0, 0.1) is 0 Å². The first kappa shape index (κ1) is 14.9. The van der Waals surface area contributed by atoms with Crippen LogP contribution in [-0.4, -0.2) is 0 Å². The van der Waals surface area contributed by atoms with Crippen molar-refractivity contribution in [3.63, 3.8) is 0 Å². The molecule has 0 aliphatic heterocycles. The Kier molecular flexibility index (Phi) is 2.58. The zero-order chi connectivity index (χ0) is 18.6. The molecule has 5 aromatic carbocycles. The molecule has 0 fully saturated rings. The van der Waals surface area contributed by atoms with Gasteiger partial charge in [0.2, 0.25) is 0 Å². The molecule has 0 unspecified atom stereocenters. The van der Waals surface area contributed by atoms with Crippen LogP contribution >= 0.6 is 22.7 Å². The Morgan fingerprint density at radius 1 is 0.500 bits per heavy atom. The van der Waals surface area contributed by atoms with Gasteiger partial charge >= 0.3 is 0 Å². The Morgan fingerprint density at radius 2 is 0.964 bits per heavy atom. The Labute approximate surface area is 165 Å². The molecule has 7 rings (SSSR count). The van der Waals surface area contributed by atoms with Gasteiger partial charge in [-0.2, -0.15) is 0 Å². The molecule has 0 spiro atoms. The summed E-state index contributed by atoms with van der Waals surface area (Å²) in [5, 5.41) is 12.9. The molecule has 0 radical (unpaired) electrons. The number of benzene rings is 3. The predicted molar refractivity (Wildman–Crippen MR) is 122 cm³/mol. The number of rotatable bonds is 0. The van der Waals surface area contributed by atoms with E-state index in [1.165, 1.54) is 0 Å². The maximum absolute atomic E-state index is 13.3. The van der Waals surface area contributed by atoms with E-state index in [9.17, 15) is 9.59 Å². The molecule has 2 nitrogen and oxygen atoms in total. The van der Waals surface area contributed by atoms with Gasteiger partial charge in [-0.25, -0.2) is 0 Å². The molecule has 28 heavy (non-hydrogen) atoms. The first-order valence-corrected chi connectivity index (χ1v) is 10.8. The highest BCUT2D eigenvalue weighted by Gasteiger charge is 2.19. The summed E-state index contributed by atoms with van der Waals surface area (Å²) in [5.74, 6) is 0. The minimum atomic E-state index is 0.0685.